The van der Waals surface area contributed by atoms with Crippen molar-refractivity contribution in [2.45, 2.75) is 18.9 Å². The van der Waals surface area contributed by atoms with Crippen LogP contribution in [0.2, 0.25) is 0 Å². The Balaban J connectivity index is 1.08. The summed E-state index contributed by atoms with van der Waals surface area (Å²) in [6, 6.07) is 76.0. The second-order valence-electron chi connectivity index (χ2n) is 14.4. The van der Waals surface area contributed by atoms with Crippen LogP contribution in [-0.4, -0.2) is 0 Å². The minimum atomic E-state index is 0.226. The van der Waals surface area contributed by atoms with Crippen LogP contribution < -0.4 is 4.90 Å². The van der Waals surface area contributed by atoms with Gasteiger partial charge in [0.05, 0.1) is 6.04 Å². The number of fused-ring (bicyclic) bond motifs is 3. The summed E-state index contributed by atoms with van der Waals surface area (Å²) in [5, 5.41) is 5.08. The van der Waals surface area contributed by atoms with E-state index in [1.54, 1.807) is 0 Å². The van der Waals surface area contributed by atoms with E-state index in [1.165, 1.54) is 88.6 Å². The van der Waals surface area contributed by atoms with Gasteiger partial charge in [0.2, 0.25) is 0 Å². The van der Waals surface area contributed by atoms with E-state index in [1.807, 2.05) is 0 Å². The van der Waals surface area contributed by atoms with Gasteiger partial charge in [-0.1, -0.05) is 182 Å². The van der Waals surface area contributed by atoms with Crippen LogP contribution in [0.15, 0.2) is 206 Å². The van der Waals surface area contributed by atoms with Gasteiger partial charge in [0.1, 0.15) is 0 Å². The van der Waals surface area contributed by atoms with E-state index in [0.717, 1.165) is 12.8 Å². The van der Waals surface area contributed by atoms with Crippen LogP contribution in [0.5, 0.6) is 0 Å². The summed E-state index contributed by atoms with van der Waals surface area (Å²) < 4.78 is 0. The van der Waals surface area contributed by atoms with Gasteiger partial charge in [-0.05, 0) is 114 Å². The molecular weight excluding hydrogens is 651 g/mol. The molecule has 0 N–H and O–H groups in total. The summed E-state index contributed by atoms with van der Waals surface area (Å²) in [6.07, 6.45) is 2.12. The number of para-hydroxylation sites is 1. The Kier molecular flexibility index (Phi) is 8.11. The summed E-state index contributed by atoms with van der Waals surface area (Å²) in [4.78, 5) is 2.57. The zero-order valence-electron chi connectivity index (χ0n) is 30.1. The van der Waals surface area contributed by atoms with E-state index < -0.39 is 0 Å². The fourth-order valence-corrected chi connectivity index (χ4v) is 8.74. The molecule has 0 bridgehead atoms. The van der Waals surface area contributed by atoms with Crippen LogP contribution in [0.3, 0.4) is 0 Å². The average molecular weight is 690 g/mol. The molecule has 9 aromatic carbocycles. The molecule has 1 aliphatic heterocycles. The molecule has 0 radical (unpaired) electrons. The molecule has 256 valence electrons. The van der Waals surface area contributed by atoms with Crippen molar-refractivity contribution in [3.05, 3.63) is 217 Å². The maximum absolute atomic E-state index is 2.57. The number of aryl methyl sites for hydroxylation is 1. The highest BCUT2D eigenvalue weighted by Gasteiger charge is 2.29. The molecule has 54 heavy (non-hydrogen) atoms. The normalized spacial score (nSPS) is 13.9. The molecule has 0 saturated carbocycles. The second kappa shape index (κ2) is 13.7. The zero-order chi connectivity index (χ0) is 35.8. The zero-order valence-corrected chi connectivity index (χ0v) is 30.1. The first-order valence-corrected chi connectivity index (χ1v) is 19.0. The minimum absolute atomic E-state index is 0.226. The molecule has 1 heteroatoms. The quantitative estimate of drug-likeness (QED) is 0.157. The molecule has 1 aliphatic rings. The Morgan fingerprint density at radius 2 is 0.796 bits per heavy atom. The van der Waals surface area contributed by atoms with Crippen molar-refractivity contribution in [1.29, 1.82) is 0 Å². The Morgan fingerprint density at radius 1 is 0.352 bits per heavy atom. The molecule has 0 aromatic heterocycles. The van der Waals surface area contributed by atoms with E-state index in [4.69, 9.17) is 0 Å². The maximum Gasteiger partial charge on any atom is 0.0595 e. The molecule has 9 aromatic rings. The van der Waals surface area contributed by atoms with Gasteiger partial charge in [-0.2, -0.15) is 0 Å². The number of hydrogen-bond acceptors (Lipinski definition) is 1. The van der Waals surface area contributed by atoms with E-state index in [0.29, 0.717) is 0 Å². The fraction of sp³-hybridized carbons (Fsp3) is 0.0566. The number of anilines is 2. The van der Waals surface area contributed by atoms with Crippen LogP contribution in [-0.2, 0) is 6.42 Å². The van der Waals surface area contributed by atoms with Crippen molar-refractivity contribution in [1.82, 2.24) is 0 Å². The minimum Gasteiger partial charge on any atom is -0.334 e. The molecular formula is C53H39N. The first-order chi connectivity index (χ1) is 26.8. The smallest absolute Gasteiger partial charge is 0.0595 e. The lowest BCUT2D eigenvalue weighted by molar-refractivity contribution is 0.604. The van der Waals surface area contributed by atoms with Crippen LogP contribution in [0.1, 0.15) is 23.6 Å². The molecule has 1 nitrogen and oxygen atoms in total. The van der Waals surface area contributed by atoms with Crippen LogP contribution >= 0.6 is 0 Å². The lowest BCUT2D eigenvalue weighted by Gasteiger charge is -2.39. The third-order valence-electron chi connectivity index (χ3n) is 11.3. The summed E-state index contributed by atoms with van der Waals surface area (Å²) in [6.45, 7) is 0. The van der Waals surface area contributed by atoms with Crippen molar-refractivity contribution in [2.75, 3.05) is 4.90 Å². The molecule has 1 atom stereocenters. The summed E-state index contributed by atoms with van der Waals surface area (Å²) in [5.41, 5.74) is 15.3. The number of nitrogens with zero attached hydrogens (tertiary/aromatic N) is 1. The average Bonchev–Trinajstić information content (AvgIpc) is 3.26. The molecule has 0 aliphatic carbocycles. The van der Waals surface area contributed by atoms with E-state index in [-0.39, 0.29) is 6.04 Å². The predicted molar refractivity (Wildman–Crippen MR) is 229 cm³/mol. The standard InChI is InChI=1S/C53H39N/c1-3-14-37(15-4-1)39-26-28-41(29-27-39)52-46-21-8-10-23-48(46)53(49-24-11-9-22-47(49)52)42-30-33-45(34-31-42)54-50-25-12-7-18-40(50)32-35-51(54)44-20-13-19-43(36-44)38-16-5-2-6-17-38/h1-31,33-34,36,51H,32,35H2. The van der Waals surface area contributed by atoms with Gasteiger partial charge in [0.15, 0.2) is 0 Å². The SMILES string of the molecule is c1ccc(-c2ccc(-c3c4ccccc4c(-c4ccc(N5c6ccccc6CCC5c5cccc(-c6ccccc6)c5)cc4)c4ccccc34)cc2)cc1. The first kappa shape index (κ1) is 32.0. The third kappa shape index (κ3) is 5.66. The summed E-state index contributed by atoms with van der Waals surface area (Å²) >= 11 is 0. The van der Waals surface area contributed by atoms with Crippen molar-refractivity contribution in [3.63, 3.8) is 0 Å². The van der Waals surface area contributed by atoms with E-state index >= 15 is 0 Å². The lowest BCUT2D eigenvalue weighted by Crippen LogP contribution is -2.29. The lowest BCUT2D eigenvalue weighted by atomic mass is 9.85. The Bertz CT molecular complexity index is 2690. The first-order valence-electron chi connectivity index (χ1n) is 19.0. The Morgan fingerprint density at radius 3 is 1.39 bits per heavy atom. The number of rotatable bonds is 6. The van der Waals surface area contributed by atoms with Gasteiger partial charge in [-0.25, -0.2) is 0 Å². The maximum atomic E-state index is 2.57. The Labute approximate surface area is 317 Å². The molecule has 1 unspecified atom stereocenters. The van der Waals surface area contributed by atoms with Gasteiger partial charge in [0, 0.05) is 11.4 Å². The number of benzene rings is 9. The Hall–Kier alpha value is -6.70. The van der Waals surface area contributed by atoms with Gasteiger partial charge < -0.3 is 4.90 Å². The fourth-order valence-electron chi connectivity index (χ4n) is 8.74. The monoisotopic (exact) mass is 689 g/mol. The summed E-state index contributed by atoms with van der Waals surface area (Å²) in [7, 11) is 0. The highest BCUT2D eigenvalue weighted by Crippen LogP contribution is 2.47. The molecule has 0 spiro atoms. The van der Waals surface area contributed by atoms with Crippen molar-refractivity contribution in [2.24, 2.45) is 0 Å². The largest absolute Gasteiger partial charge is 0.334 e. The molecule has 10 rings (SSSR count). The highest BCUT2D eigenvalue weighted by molar-refractivity contribution is 6.21. The van der Waals surface area contributed by atoms with E-state index in [9.17, 15) is 0 Å². The van der Waals surface area contributed by atoms with E-state index in [2.05, 4.69) is 211 Å². The molecule has 0 saturated heterocycles. The van der Waals surface area contributed by atoms with Gasteiger partial charge in [-0.3, -0.25) is 0 Å². The van der Waals surface area contributed by atoms with Crippen LogP contribution in [0.25, 0.3) is 66.1 Å². The van der Waals surface area contributed by atoms with Crippen molar-refractivity contribution in [3.8, 4) is 44.5 Å². The summed E-state index contributed by atoms with van der Waals surface area (Å²) in [5.74, 6) is 0. The topological polar surface area (TPSA) is 3.24 Å². The molecule has 0 amide bonds. The van der Waals surface area contributed by atoms with Crippen LogP contribution in [0.4, 0.5) is 11.4 Å². The second-order valence-corrected chi connectivity index (χ2v) is 14.4. The van der Waals surface area contributed by atoms with Gasteiger partial charge >= 0.3 is 0 Å². The predicted octanol–water partition coefficient (Wildman–Crippen LogP) is 14.5. The molecule has 0 fully saturated rings. The van der Waals surface area contributed by atoms with Gasteiger partial charge in [0.25, 0.3) is 0 Å². The molecule has 1 heterocycles. The number of hydrogen-bond donors (Lipinski definition) is 0. The highest BCUT2D eigenvalue weighted by atomic mass is 15.2. The van der Waals surface area contributed by atoms with Crippen molar-refractivity contribution < 1.29 is 0 Å². The van der Waals surface area contributed by atoms with Crippen LogP contribution in [0, 0.1) is 0 Å². The van der Waals surface area contributed by atoms with Gasteiger partial charge in [-0.15, -0.1) is 0 Å². The van der Waals surface area contributed by atoms with Crippen molar-refractivity contribution >= 4 is 32.9 Å². The third-order valence-corrected chi connectivity index (χ3v) is 11.3.